The lowest BCUT2D eigenvalue weighted by atomic mass is 10.3. The summed E-state index contributed by atoms with van der Waals surface area (Å²) in [5.74, 6) is -2.15. The summed E-state index contributed by atoms with van der Waals surface area (Å²) in [6.07, 6.45) is -3.55. The number of benzene rings is 1. The number of halogens is 3. The van der Waals surface area contributed by atoms with E-state index in [4.69, 9.17) is 0 Å². The van der Waals surface area contributed by atoms with E-state index in [1.807, 2.05) is 0 Å². The average Bonchev–Trinajstić information content (AvgIpc) is 3.11. The maximum atomic E-state index is 12.1. The fraction of sp³-hybridized carbons (Fsp3) is 0.364. The van der Waals surface area contributed by atoms with Crippen molar-refractivity contribution < 1.29 is 26.4 Å². The topological polar surface area (TPSA) is 75.3 Å². The average molecular weight is 308 g/mol. The van der Waals surface area contributed by atoms with E-state index in [-0.39, 0.29) is 16.6 Å². The van der Waals surface area contributed by atoms with Crippen LogP contribution in [-0.2, 0) is 14.8 Å². The largest absolute Gasteiger partial charge is 0.471 e. The SMILES string of the molecule is O=C(Nc1cccc(S(=O)(=O)NC2CC2)c1)C(F)(F)F. The van der Waals surface area contributed by atoms with Crippen LogP contribution in [0.5, 0.6) is 0 Å². The lowest BCUT2D eigenvalue weighted by Gasteiger charge is -2.10. The van der Waals surface area contributed by atoms with E-state index < -0.39 is 22.1 Å². The van der Waals surface area contributed by atoms with Crippen LogP contribution in [0.25, 0.3) is 0 Å². The first-order valence-electron chi connectivity index (χ1n) is 5.69. The number of sulfonamides is 1. The first-order valence-corrected chi connectivity index (χ1v) is 7.17. The first-order chi connectivity index (χ1) is 9.18. The van der Waals surface area contributed by atoms with Crippen LogP contribution >= 0.6 is 0 Å². The van der Waals surface area contributed by atoms with E-state index >= 15 is 0 Å². The lowest BCUT2D eigenvalue weighted by Crippen LogP contribution is -2.30. The summed E-state index contributed by atoms with van der Waals surface area (Å²) in [7, 11) is -3.77. The normalized spacial score (nSPS) is 15.9. The summed E-state index contributed by atoms with van der Waals surface area (Å²) < 4.78 is 62.5. The van der Waals surface area contributed by atoms with Crippen LogP contribution in [0, 0.1) is 0 Å². The number of hydrogen-bond acceptors (Lipinski definition) is 3. The van der Waals surface area contributed by atoms with Gasteiger partial charge in [0.05, 0.1) is 4.90 Å². The standard InChI is InChI=1S/C11H11F3N2O3S/c12-11(13,14)10(17)15-8-2-1-3-9(6-8)20(18,19)16-7-4-5-7/h1-3,6-7,16H,4-5H2,(H,15,17). The molecule has 1 aromatic carbocycles. The summed E-state index contributed by atoms with van der Waals surface area (Å²) in [6.45, 7) is 0. The Labute approximate surface area is 113 Å². The van der Waals surface area contributed by atoms with Crippen molar-refractivity contribution in [1.29, 1.82) is 0 Å². The minimum atomic E-state index is -5.03. The minimum absolute atomic E-state index is 0.117. The molecule has 2 N–H and O–H groups in total. The molecule has 1 aliphatic rings. The Morgan fingerprint density at radius 2 is 1.90 bits per heavy atom. The third-order valence-electron chi connectivity index (χ3n) is 2.56. The predicted molar refractivity (Wildman–Crippen MR) is 64.5 cm³/mol. The molecule has 0 heterocycles. The quantitative estimate of drug-likeness (QED) is 0.887. The Kier molecular flexibility index (Phi) is 3.74. The van der Waals surface area contributed by atoms with E-state index in [1.54, 1.807) is 5.32 Å². The number of anilines is 1. The summed E-state index contributed by atoms with van der Waals surface area (Å²) in [6, 6.07) is 4.55. The molecule has 0 radical (unpaired) electrons. The number of carbonyl (C=O) groups excluding carboxylic acids is 1. The van der Waals surface area contributed by atoms with Gasteiger partial charge in [-0.3, -0.25) is 4.79 Å². The van der Waals surface area contributed by atoms with E-state index in [0.717, 1.165) is 18.9 Å². The summed E-state index contributed by atoms with van der Waals surface area (Å²) in [4.78, 5) is 10.6. The zero-order valence-electron chi connectivity index (χ0n) is 10.1. The Bertz CT molecular complexity index is 624. The second-order valence-corrected chi connectivity index (χ2v) is 6.09. The van der Waals surface area contributed by atoms with E-state index in [1.165, 1.54) is 18.2 Å². The Hall–Kier alpha value is -1.61. The molecule has 1 amide bonds. The molecule has 1 fully saturated rings. The van der Waals surface area contributed by atoms with Crippen LogP contribution in [0.15, 0.2) is 29.2 Å². The van der Waals surface area contributed by atoms with Crippen molar-refractivity contribution in [3.63, 3.8) is 0 Å². The molecule has 9 heteroatoms. The van der Waals surface area contributed by atoms with Gasteiger partial charge in [0.1, 0.15) is 0 Å². The van der Waals surface area contributed by atoms with Crippen molar-refractivity contribution in [1.82, 2.24) is 4.72 Å². The van der Waals surface area contributed by atoms with Crippen LogP contribution in [-0.4, -0.2) is 26.5 Å². The highest BCUT2D eigenvalue weighted by Crippen LogP contribution is 2.24. The number of nitrogens with one attached hydrogen (secondary N) is 2. The smallest absolute Gasteiger partial charge is 0.318 e. The van der Waals surface area contributed by atoms with Gasteiger partial charge in [-0.25, -0.2) is 13.1 Å². The van der Waals surface area contributed by atoms with Gasteiger partial charge < -0.3 is 5.32 Å². The molecule has 0 unspecified atom stereocenters. The molecular weight excluding hydrogens is 297 g/mol. The van der Waals surface area contributed by atoms with Gasteiger partial charge in [-0.05, 0) is 31.0 Å². The molecule has 0 saturated heterocycles. The summed E-state index contributed by atoms with van der Waals surface area (Å²) >= 11 is 0. The number of hydrogen-bond donors (Lipinski definition) is 2. The van der Waals surface area contributed by atoms with E-state index in [9.17, 15) is 26.4 Å². The van der Waals surface area contributed by atoms with Gasteiger partial charge in [0, 0.05) is 11.7 Å². The monoisotopic (exact) mass is 308 g/mol. The molecule has 0 bridgehead atoms. The molecule has 1 aliphatic carbocycles. The number of amides is 1. The van der Waals surface area contributed by atoms with E-state index in [2.05, 4.69) is 4.72 Å². The Morgan fingerprint density at radius 3 is 2.45 bits per heavy atom. The molecular formula is C11H11F3N2O3S. The summed E-state index contributed by atoms with van der Waals surface area (Å²) in [5.41, 5.74) is -0.231. The maximum absolute atomic E-state index is 12.1. The van der Waals surface area contributed by atoms with Gasteiger partial charge in [-0.15, -0.1) is 0 Å². The highest BCUT2D eigenvalue weighted by Gasteiger charge is 2.38. The first kappa shape index (κ1) is 14.8. The molecule has 0 aliphatic heterocycles. The molecule has 20 heavy (non-hydrogen) atoms. The highest BCUT2D eigenvalue weighted by atomic mass is 32.2. The summed E-state index contributed by atoms with van der Waals surface area (Å²) in [5, 5.41) is 1.61. The molecule has 1 saturated carbocycles. The Balaban J connectivity index is 2.17. The fourth-order valence-electron chi connectivity index (χ4n) is 1.43. The van der Waals surface area contributed by atoms with Crippen molar-refractivity contribution in [3.8, 4) is 0 Å². The van der Waals surface area contributed by atoms with Crippen molar-refractivity contribution >= 4 is 21.6 Å². The second-order valence-electron chi connectivity index (χ2n) is 4.38. The predicted octanol–water partition coefficient (Wildman–Crippen LogP) is 1.63. The fourth-order valence-corrected chi connectivity index (χ4v) is 2.78. The highest BCUT2D eigenvalue weighted by molar-refractivity contribution is 7.89. The number of alkyl halides is 3. The molecule has 5 nitrogen and oxygen atoms in total. The lowest BCUT2D eigenvalue weighted by molar-refractivity contribution is -0.167. The van der Waals surface area contributed by atoms with E-state index in [0.29, 0.717) is 0 Å². The zero-order valence-corrected chi connectivity index (χ0v) is 10.9. The van der Waals surface area contributed by atoms with Crippen LogP contribution in [0.3, 0.4) is 0 Å². The molecule has 110 valence electrons. The van der Waals surface area contributed by atoms with Crippen molar-refractivity contribution in [2.75, 3.05) is 5.32 Å². The van der Waals surface area contributed by atoms with Crippen molar-refractivity contribution in [2.45, 2.75) is 30.0 Å². The van der Waals surface area contributed by atoms with Crippen molar-refractivity contribution in [3.05, 3.63) is 24.3 Å². The molecule has 0 aromatic heterocycles. The zero-order chi connectivity index (χ0) is 15.0. The van der Waals surface area contributed by atoms with Gasteiger partial charge in [0.25, 0.3) is 0 Å². The maximum Gasteiger partial charge on any atom is 0.471 e. The van der Waals surface area contributed by atoms with Gasteiger partial charge in [0.15, 0.2) is 0 Å². The van der Waals surface area contributed by atoms with Gasteiger partial charge in [-0.1, -0.05) is 6.07 Å². The van der Waals surface area contributed by atoms with Crippen LogP contribution in [0.1, 0.15) is 12.8 Å². The van der Waals surface area contributed by atoms with Gasteiger partial charge in [0.2, 0.25) is 10.0 Å². The van der Waals surface area contributed by atoms with Crippen LogP contribution in [0.2, 0.25) is 0 Å². The number of rotatable bonds is 4. The third kappa shape index (κ3) is 3.70. The molecule has 0 spiro atoms. The van der Waals surface area contributed by atoms with Crippen LogP contribution in [0.4, 0.5) is 18.9 Å². The second kappa shape index (κ2) is 5.06. The Morgan fingerprint density at radius 1 is 1.25 bits per heavy atom. The third-order valence-corrected chi connectivity index (χ3v) is 4.08. The van der Waals surface area contributed by atoms with Gasteiger partial charge >= 0.3 is 12.1 Å². The van der Waals surface area contributed by atoms with Gasteiger partial charge in [-0.2, -0.15) is 13.2 Å². The minimum Gasteiger partial charge on any atom is -0.318 e. The molecule has 1 aromatic rings. The van der Waals surface area contributed by atoms with Crippen LogP contribution < -0.4 is 10.0 Å². The molecule has 2 rings (SSSR count). The number of carbonyl (C=O) groups is 1. The van der Waals surface area contributed by atoms with Crippen molar-refractivity contribution in [2.24, 2.45) is 0 Å². The molecule has 0 atom stereocenters.